The van der Waals surface area contributed by atoms with Crippen LogP contribution in [0.2, 0.25) is 0 Å². The zero-order chi connectivity index (χ0) is 14.7. The standard InChI is InChI=1S/C17H23N3O/c1-2-11-20(15-6-8-18-9-7-15)17(21)14-4-3-13-5-10-19-16(13)12-14/h3-5,10,12,15,18-19H,2,6-9,11H2,1H3. The predicted molar refractivity (Wildman–Crippen MR) is 85.5 cm³/mol. The number of carbonyl (C=O) groups is 1. The van der Waals surface area contributed by atoms with Crippen molar-refractivity contribution in [3.8, 4) is 0 Å². The molecule has 1 aromatic heterocycles. The number of piperidine rings is 1. The second kappa shape index (κ2) is 6.31. The molecule has 1 aliphatic rings. The Kier molecular flexibility index (Phi) is 4.25. The normalized spacial score (nSPS) is 16.2. The minimum absolute atomic E-state index is 0.167. The fourth-order valence-corrected chi connectivity index (χ4v) is 3.16. The number of nitrogens with one attached hydrogen (secondary N) is 2. The number of hydrogen-bond acceptors (Lipinski definition) is 2. The minimum atomic E-state index is 0.167. The third kappa shape index (κ3) is 2.95. The second-order valence-corrected chi connectivity index (χ2v) is 5.76. The highest BCUT2D eigenvalue weighted by Gasteiger charge is 2.25. The molecule has 0 atom stereocenters. The largest absolute Gasteiger partial charge is 0.361 e. The van der Waals surface area contributed by atoms with Gasteiger partial charge in [0, 0.05) is 29.9 Å². The Labute approximate surface area is 125 Å². The molecule has 0 radical (unpaired) electrons. The first kappa shape index (κ1) is 14.1. The maximum Gasteiger partial charge on any atom is 0.254 e. The van der Waals surface area contributed by atoms with Gasteiger partial charge >= 0.3 is 0 Å². The van der Waals surface area contributed by atoms with Gasteiger partial charge in [0.15, 0.2) is 0 Å². The lowest BCUT2D eigenvalue weighted by Crippen LogP contribution is -2.46. The molecule has 0 unspecified atom stereocenters. The Bertz CT molecular complexity index is 613. The summed E-state index contributed by atoms with van der Waals surface area (Å²) in [5, 5.41) is 4.52. The van der Waals surface area contributed by atoms with Crippen LogP contribution in [0.4, 0.5) is 0 Å². The first-order chi connectivity index (χ1) is 10.3. The van der Waals surface area contributed by atoms with Crippen LogP contribution in [-0.2, 0) is 0 Å². The summed E-state index contributed by atoms with van der Waals surface area (Å²) < 4.78 is 0. The zero-order valence-electron chi connectivity index (χ0n) is 12.6. The van der Waals surface area contributed by atoms with E-state index in [1.54, 1.807) is 0 Å². The third-order valence-electron chi connectivity index (χ3n) is 4.28. The molecular weight excluding hydrogens is 262 g/mol. The molecule has 1 saturated heterocycles. The highest BCUT2D eigenvalue weighted by atomic mass is 16.2. The van der Waals surface area contributed by atoms with Gasteiger partial charge in [-0.05, 0) is 55.9 Å². The number of fused-ring (bicyclic) bond motifs is 1. The number of amides is 1. The average molecular weight is 285 g/mol. The van der Waals surface area contributed by atoms with Gasteiger partial charge in [0.2, 0.25) is 0 Å². The van der Waals surface area contributed by atoms with Crippen molar-refractivity contribution in [2.24, 2.45) is 0 Å². The van der Waals surface area contributed by atoms with Crippen LogP contribution in [0.5, 0.6) is 0 Å². The molecule has 0 bridgehead atoms. The molecule has 1 aliphatic heterocycles. The van der Waals surface area contributed by atoms with Crippen LogP contribution >= 0.6 is 0 Å². The van der Waals surface area contributed by atoms with Crippen LogP contribution in [0.1, 0.15) is 36.5 Å². The highest BCUT2D eigenvalue weighted by Crippen LogP contribution is 2.19. The van der Waals surface area contributed by atoms with Gasteiger partial charge in [-0.1, -0.05) is 13.0 Å². The van der Waals surface area contributed by atoms with E-state index in [1.165, 1.54) is 0 Å². The van der Waals surface area contributed by atoms with Crippen LogP contribution in [0.15, 0.2) is 30.5 Å². The molecule has 1 amide bonds. The van der Waals surface area contributed by atoms with E-state index < -0.39 is 0 Å². The van der Waals surface area contributed by atoms with Crippen molar-refractivity contribution in [1.82, 2.24) is 15.2 Å². The Morgan fingerprint density at radius 3 is 2.86 bits per heavy atom. The van der Waals surface area contributed by atoms with Crippen molar-refractivity contribution < 1.29 is 4.79 Å². The smallest absolute Gasteiger partial charge is 0.254 e. The monoisotopic (exact) mass is 285 g/mol. The molecule has 4 heteroatoms. The number of benzene rings is 1. The summed E-state index contributed by atoms with van der Waals surface area (Å²) in [6.07, 6.45) is 5.02. The van der Waals surface area contributed by atoms with Gasteiger partial charge < -0.3 is 15.2 Å². The van der Waals surface area contributed by atoms with Gasteiger partial charge in [-0.3, -0.25) is 4.79 Å². The van der Waals surface area contributed by atoms with Crippen LogP contribution in [0, 0.1) is 0 Å². The Morgan fingerprint density at radius 1 is 1.29 bits per heavy atom. The first-order valence-corrected chi connectivity index (χ1v) is 7.88. The van der Waals surface area contributed by atoms with Crippen LogP contribution in [-0.4, -0.2) is 41.5 Å². The topological polar surface area (TPSA) is 48.1 Å². The molecule has 0 saturated carbocycles. The fourth-order valence-electron chi connectivity index (χ4n) is 3.16. The molecule has 112 valence electrons. The van der Waals surface area contributed by atoms with Gasteiger partial charge in [-0.2, -0.15) is 0 Å². The van der Waals surface area contributed by atoms with E-state index in [1.807, 2.05) is 30.5 Å². The number of aromatic nitrogens is 1. The Hall–Kier alpha value is -1.81. The molecule has 1 aromatic carbocycles. The fraction of sp³-hybridized carbons (Fsp3) is 0.471. The summed E-state index contributed by atoms with van der Waals surface area (Å²) in [5.74, 6) is 0.167. The number of H-pyrrole nitrogens is 1. The number of rotatable bonds is 4. The van der Waals surface area contributed by atoms with Crippen molar-refractivity contribution in [2.75, 3.05) is 19.6 Å². The number of carbonyl (C=O) groups excluding carboxylic acids is 1. The lowest BCUT2D eigenvalue weighted by molar-refractivity contribution is 0.0643. The van der Waals surface area contributed by atoms with Crippen molar-refractivity contribution in [3.63, 3.8) is 0 Å². The van der Waals surface area contributed by atoms with E-state index in [-0.39, 0.29) is 5.91 Å². The predicted octanol–water partition coefficient (Wildman–Crippen LogP) is 2.77. The van der Waals surface area contributed by atoms with Crippen LogP contribution < -0.4 is 5.32 Å². The summed E-state index contributed by atoms with van der Waals surface area (Å²) in [5.41, 5.74) is 1.82. The van der Waals surface area contributed by atoms with Crippen LogP contribution in [0.25, 0.3) is 10.9 Å². The molecule has 2 heterocycles. The highest BCUT2D eigenvalue weighted by molar-refractivity contribution is 5.98. The molecule has 4 nitrogen and oxygen atoms in total. The van der Waals surface area contributed by atoms with Crippen LogP contribution in [0.3, 0.4) is 0 Å². The summed E-state index contributed by atoms with van der Waals surface area (Å²) >= 11 is 0. The van der Waals surface area contributed by atoms with E-state index in [4.69, 9.17) is 0 Å². The van der Waals surface area contributed by atoms with Gasteiger partial charge in [0.05, 0.1) is 0 Å². The molecule has 0 spiro atoms. The molecule has 2 aromatic rings. The second-order valence-electron chi connectivity index (χ2n) is 5.76. The van der Waals surface area contributed by atoms with E-state index >= 15 is 0 Å². The molecule has 21 heavy (non-hydrogen) atoms. The third-order valence-corrected chi connectivity index (χ3v) is 4.28. The maximum absolute atomic E-state index is 12.9. The number of aromatic amines is 1. The van der Waals surface area contributed by atoms with Crippen molar-refractivity contribution >= 4 is 16.8 Å². The van der Waals surface area contributed by atoms with Crippen molar-refractivity contribution in [3.05, 3.63) is 36.0 Å². The quantitative estimate of drug-likeness (QED) is 0.907. The van der Waals surface area contributed by atoms with Crippen molar-refractivity contribution in [1.29, 1.82) is 0 Å². The molecular formula is C17H23N3O. The summed E-state index contributed by atoms with van der Waals surface area (Å²) in [6, 6.07) is 8.34. The number of hydrogen-bond donors (Lipinski definition) is 2. The molecule has 2 N–H and O–H groups in total. The van der Waals surface area contributed by atoms with Gasteiger partial charge in [0.1, 0.15) is 0 Å². The molecule has 1 fully saturated rings. The Balaban J connectivity index is 1.84. The summed E-state index contributed by atoms with van der Waals surface area (Å²) in [6.45, 7) is 4.99. The first-order valence-electron chi connectivity index (χ1n) is 7.88. The molecule has 3 rings (SSSR count). The van der Waals surface area contributed by atoms with Crippen molar-refractivity contribution in [2.45, 2.75) is 32.2 Å². The van der Waals surface area contributed by atoms with Gasteiger partial charge in [-0.25, -0.2) is 0 Å². The number of nitrogens with zero attached hydrogens (tertiary/aromatic N) is 1. The van der Waals surface area contributed by atoms with Gasteiger partial charge in [0.25, 0.3) is 5.91 Å². The van der Waals surface area contributed by atoms with E-state index in [9.17, 15) is 4.79 Å². The molecule has 0 aliphatic carbocycles. The maximum atomic E-state index is 12.9. The van der Waals surface area contributed by atoms with Gasteiger partial charge in [-0.15, -0.1) is 0 Å². The minimum Gasteiger partial charge on any atom is -0.361 e. The zero-order valence-corrected chi connectivity index (χ0v) is 12.6. The lowest BCUT2D eigenvalue weighted by Gasteiger charge is -2.34. The lowest BCUT2D eigenvalue weighted by atomic mass is 10.0. The van der Waals surface area contributed by atoms with E-state index in [2.05, 4.69) is 22.1 Å². The SMILES string of the molecule is CCCN(C(=O)c1ccc2cc[nH]c2c1)C1CCNCC1. The summed E-state index contributed by atoms with van der Waals surface area (Å²) in [7, 11) is 0. The van der Waals surface area contributed by atoms with E-state index in [0.717, 1.165) is 55.4 Å². The Morgan fingerprint density at radius 2 is 2.10 bits per heavy atom. The average Bonchev–Trinajstić information content (AvgIpc) is 3.00. The summed E-state index contributed by atoms with van der Waals surface area (Å²) in [4.78, 5) is 18.2. The van der Waals surface area contributed by atoms with E-state index in [0.29, 0.717) is 6.04 Å².